The Labute approximate surface area is 164 Å². The highest BCUT2D eigenvalue weighted by Gasteiger charge is 2.39. The average Bonchev–Trinajstić information content (AvgIpc) is 3.20. The molecule has 0 saturated carbocycles. The van der Waals surface area contributed by atoms with Gasteiger partial charge in [0, 0.05) is 12.1 Å². The number of carbonyl (C=O) groups is 3. The zero-order valence-electron chi connectivity index (χ0n) is 16.5. The second kappa shape index (κ2) is 8.42. The van der Waals surface area contributed by atoms with Gasteiger partial charge < -0.3 is 15.0 Å². The van der Waals surface area contributed by atoms with E-state index in [2.05, 4.69) is 5.32 Å². The van der Waals surface area contributed by atoms with Gasteiger partial charge in [-0.1, -0.05) is 50.2 Å². The quantitative estimate of drug-likeness (QED) is 0.807. The molecule has 148 valence electrons. The van der Waals surface area contributed by atoms with Crippen LogP contribution in [0.4, 0.5) is 0 Å². The summed E-state index contributed by atoms with van der Waals surface area (Å²) in [6, 6.07) is 11.9. The van der Waals surface area contributed by atoms with Crippen LogP contribution in [0.1, 0.15) is 37.0 Å². The minimum atomic E-state index is -0.711. The van der Waals surface area contributed by atoms with Gasteiger partial charge >= 0.3 is 5.97 Å². The SMILES string of the molecule is COC(=O)[C@@H]1CCCN1C(=O)C(NC(=O)c1cccc2ccccc12)C(C)C. The van der Waals surface area contributed by atoms with Gasteiger partial charge in [-0.05, 0) is 35.6 Å². The highest BCUT2D eigenvalue weighted by molar-refractivity contribution is 6.08. The maximum absolute atomic E-state index is 13.2. The van der Waals surface area contributed by atoms with Crippen molar-refractivity contribution in [1.29, 1.82) is 0 Å². The lowest BCUT2D eigenvalue weighted by molar-refractivity contribution is -0.151. The van der Waals surface area contributed by atoms with E-state index >= 15 is 0 Å². The largest absolute Gasteiger partial charge is 0.467 e. The molecule has 0 bridgehead atoms. The van der Waals surface area contributed by atoms with Gasteiger partial charge in [-0.2, -0.15) is 0 Å². The fourth-order valence-corrected chi connectivity index (χ4v) is 3.75. The van der Waals surface area contributed by atoms with E-state index in [0.29, 0.717) is 18.5 Å². The Kier molecular flexibility index (Phi) is 5.97. The number of carbonyl (C=O) groups excluding carboxylic acids is 3. The number of hydrogen-bond acceptors (Lipinski definition) is 4. The first-order chi connectivity index (χ1) is 13.4. The molecular weight excluding hydrogens is 356 g/mol. The summed E-state index contributed by atoms with van der Waals surface area (Å²) in [6.45, 7) is 4.26. The van der Waals surface area contributed by atoms with Gasteiger partial charge in [0.25, 0.3) is 5.91 Å². The number of fused-ring (bicyclic) bond motifs is 1. The molecule has 0 spiro atoms. The summed E-state index contributed by atoms with van der Waals surface area (Å²) >= 11 is 0. The van der Waals surface area contributed by atoms with Crippen molar-refractivity contribution in [2.45, 2.75) is 38.8 Å². The number of benzene rings is 2. The molecule has 1 unspecified atom stereocenters. The van der Waals surface area contributed by atoms with E-state index in [1.165, 1.54) is 7.11 Å². The van der Waals surface area contributed by atoms with Gasteiger partial charge in [-0.25, -0.2) is 4.79 Å². The molecule has 0 aliphatic carbocycles. The molecule has 2 amide bonds. The molecule has 0 aromatic heterocycles. The number of nitrogens with zero attached hydrogens (tertiary/aromatic N) is 1. The monoisotopic (exact) mass is 382 g/mol. The predicted octanol–water partition coefficient (Wildman–Crippen LogP) is 2.76. The van der Waals surface area contributed by atoms with Crippen molar-refractivity contribution in [2.24, 2.45) is 5.92 Å². The van der Waals surface area contributed by atoms with Crippen molar-refractivity contribution in [3.05, 3.63) is 48.0 Å². The lowest BCUT2D eigenvalue weighted by Crippen LogP contribution is -2.54. The smallest absolute Gasteiger partial charge is 0.328 e. The summed E-state index contributed by atoms with van der Waals surface area (Å²) in [6.07, 6.45) is 1.33. The first-order valence-electron chi connectivity index (χ1n) is 9.61. The van der Waals surface area contributed by atoms with Crippen LogP contribution in [-0.2, 0) is 14.3 Å². The maximum Gasteiger partial charge on any atom is 0.328 e. The summed E-state index contributed by atoms with van der Waals surface area (Å²) in [7, 11) is 1.32. The van der Waals surface area contributed by atoms with Crippen LogP contribution < -0.4 is 5.32 Å². The van der Waals surface area contributed by atoms with Crippen molar-refractivity contribution in [3.8, 4) is 0 Å². The molecule has 6 nitrogen and oxygen atoms in total. The number of nitrogens with one attached hydrogen (secondary N) is 1. The maximum atomic E-state index is 13.2. The van der Waals surface area contributed by atoms with E-state index in [0.717, 1.165) is 17.2 Å². The molecule has 1 heterocycles. The highest BCUT2D eigenvalue weighted by Crippen LogP contribution is 2.22. The normalized spacial score (nSPS) is 17.6. The standard InChI is InChI=1S/C22H26N2O4/c1-14(2)19(21(26)24-13-7-12-18(24)22(27)28-3)23-20(25)17-11-6-9-15-8-4-5-10-16(15)17/h4-6,8-11,14,18-19H,7,12-13H2,1-3H3,(H,23,25)/t18-,19?/m0/s1. The summed E-state index contributed by atoms with van der Waals surface area (Å²) < 4.78 is 4.83. The number of methoxy groups -OCH3 is 1. The van der Waals surface area contributed by atoms with Crippen LogP contribution >= 0.6 is 0 Å². The molecule has 2 aromatic carbocycles. The molecule has 1 fully saturated rings. The second-order valence-electron chi connectivity index (χ2n) is 7.43. The number of hydrogen-bond donors (Lipinski definition) is 1. The minimum absolute atomic E-state index is 0.120. The molecule has 0 radical (unpaired) electrons. The van der Waals surface area contributed by atoms with Gasteiger partial charge in [0.1, 0.15) is 12.1 Å². The van der Waals surface area contributed by atoms with Crippen LogP contribution in [0.5, 0.6) is 0 Å². The first-order valence-corrected chi connectivity index (χ1v) is 9.61. The summed E-state index contributed by atoms with van der Waals surface area (Å²) in [5.74, 6) is -1.06. The van der Waals surface area contributed by atoms with Gasteiger partial charge in [0.05, 0.1) is 7.11 Å². The molecule has 2 atom stereocenters. The Hall–Kier alpha value is -2.89. The van der Waals surface area contributed by atoms with Crippen molar-refractivity contribution in [3.63, 3.8) is 0 Å². The van der Waals surface area contributed by atoms with Crippen molar-refractivity contribution < 1.29 is 19.1 Å². The lowest BCUT2D eigenvalue weighted by Gasteiger charge is -2.30. The molecular formula is C22H26N2O4. The van der Waals surface area contributed by atoms with Crippen molar-refractivity contribution in [1.82, 2.24) is 10.2 Å². The number of amides is 2. The first kappa shape index (κ1) is 19.9. The van der Waals surface area contributed by atoms with Gasteiger partial charge in [-0.15, -0.1) is 0 Å². The number of likely N-dealkylation sites (tertiary alicyclic amines) is 1. The third kappa shape index (κ3) is 3.86. The van der Waals surface area contributed by atoms with E-state index in [1.807, 2.05) is 50.2 Å². The Morgan fingerprint density at radius 1 is 1.11 bits per heavy atom. The molecule has 6 heteroatoms. The molecule has 3 rings (SSSR count). The van der Waals surface area contributed by atoms with E-state index < -0.39 is 18.1 Å². The third-order valence-electron chi connectivity index (χ3n) is 5.26. The van der Waals surface area contributed by atoms with Crippen molar-refractivity contribution in [2.75, 3.05) is 13.7 Å². The molecule has 1 aliphatic heterocycles. The zero-order chi connectivity index (χ0) is 20.3. The molecule has 28 heavy (non-hydrogen) atoms. The van der Waals surface area contributed by atoms with Gasteiger partial charge in [-0.3, -0.25) is 9.59 Å². The van der Waals surface area contributed by atoms with Crippen LogP contribution in [-0.4, -0.2) is 48.4 Å². The molecule has 1 aliphatic rings. The topological polar surface area (TPSA) is 75.7 Å². The number of rotatable bonds is 5. The van der Waals surface area contributed by atoms with E-state index in [4.69, 9.17) is 4.74 Å². The van der Waals surface area contributed by atoms with Crippen molar-refractivity contribution >= 4 is 28.6 Å². The minimum Gasteiger partial charge on any atom is -0.467 e. The Morgan fingerprint density at radius 3 is 2.54 bits per heavy atom. The summed E-state index contributed by atoms with van der Waals surface area (Å²) in [4.78, 5) is 39.7. The van der Waals surface area contributed by atoms with E-state index in [9.17, 15) is 14.4 Å². The second-order valence-corrected chi connectivity index (χ2v) is 7.43. The predicted molar refractivity (Wildman–Crippen MR) is 107 cm³/mol. The average molecular weight is 382 g/mol. The van der Waals surface area contributed by atoms with Gasteiger partial charge in [0.15, 0.2) is 0 Å². The fraction of sp³-hybridized carbons (Fsp3) is 0.409. The lowest BCUT2D eigenvalue weighted by atomic mass is 10.00. The van der Waals surface area contributed by atoms with E-state index in [-0.39, 0.29) is 17.7 Å². The third-order valence-corrected chi connectivity index (χ3v) is 5.26. The summed E-state index contributed by atoms with van der Waals surface area (Å²) in [5.41, 5.74) is 0.530. The molecule has 1 N–H and O–H groups in total. The Bertz CT molecular complexity index is 888. The molecule has 1 saturated heterocycles. The molecule has 2 aromatic rings. The highest BCUT2D eigenvalue weighted by atomic mass is 16.5. The Morgan fingerprint density at radius 2 is 1.82 bits per heavy atom. The van der Waals surface area contributed by atoms with Crippen LogP contribution in [0.15, 0.2) is 42.5 Å². The van der Waals surface area contributed by atoms with Gasteiger partial charge in [0.2, 0.25) is 5.91 Å². The number of esters is 1. The van der Waals surface area contributed by atoms with Crippen LogP contribution in [0.3, 0.4) is 0 Å². The summed E-state index contributed by atoms with van der Waals surface area (Å²) in [5, 5.41) is 4.70. The van der Waals surface area contributed by atoms with Crippen LogP contribution in [0.2, 0.25) is 0 Å². The van der Waals surface area contributed by atoms with E-state index in [1.54, 1.807) is 11.0 Å². The Balaban J connectivity index is 1.84. The zero-order valence-corrected chi connectivity index (χ0v) is 16.5. The van der Waals surface area contributed by atoms with Crippen LogP contribution in [0.25, 0.3) is 10.8 Å². The number of ether oxygens (including phenoxy) is 1. The van der Waals surface area contributed by atoms with Crippen LogP contribution in [0, 0.1) is 5.92 Å². The fourth-order valence-electron chi connectivity index (χ4n) is 3.75.